The summed E-state index contributed by atoms with van der Waals surface area (Å²) in [5, 5.41) is 0.947. The van der Waals surface area contributed by atoms with Crippen molar-refractivity contribution in [2.24, 2.45) is 0 Å². The van der Waals surface area contributed by atoms with E-state index in [4.69, 9.17) is 4.74 Å². The van der Waals surface area contributed by atoms with Crippen LogP contribution in [0.25, 0.3) is 10.9 Å². The number of para-hydroxylation sites is 1. The van der Waals surface area contributed by atoms with Crippen LogP contribution in [-0.4, -0.2) is 17.9 Å². The number of methoxy groups -OCH3 is 1. The first-order valence-corrected chi connectivity index (χ1v) is 7.21. The Morgan fingerprint density at radius 3 is 2.76 bits per heavy atom. The summed E-state index contributed by atoms with van der Waals surface area (Å²) in [6.07, 6.45) is 1.61. The van der Waals surface area contributed by atoms with Gasteiger partial charge in [0.05, 0.1) is 12.6 Å². The van der Waals surface area contributed by atoms with Gasteiger partial charge in [-0.3, -0.25) is 9.78 Å². The second-order valence-electron chi connectivity index (χ2n) is 4.59. The molecule has 0 radical (unpaired) electrons. The fourth-order valence-electron chi connectivity index (χ4n) is 2.16. The molecule has 4 heteroatoms. The second kappa shape index (κ2) is 5.66. The highest BCUT2D eigenvalue weighted by atomic mass is 79.9. The topological polar surface area (TPSA) is 39.2 Å². The van der Waals surface area contributed by atoms with Gasteiger partial charge in [0.1, 0.15) is 5.75 Å². The maximum Gasteiger partial charge on any atom is 0.195 e. The first kappa shape index (κ1) is 13.8. The molecule has 0 atom stereocenters. The van der Waals surface area contributed by atoms with Crippen molar-refractivity contribution >= 4 is 32.6 Å². The van der Waals surface area contributed by atoms with Gasteiger partial charge >= 0.3 is 0 Å². The summed E-state index contributed by atoms with van der Waals surface area (Å²) in [5.41, 5.74) is 1.99. The lowest BCUT2D eigenvalue weighted by Crippen LogP contribution is -2.03. The van der Waals surface area contributed by atoms with Crippen molar-refractivity contribution in [2.45, 2.75) is 0 Å². The van der Waals surface area contributed by atoms with E-state index in [0.29, 0.717) is 16.9 Å². The molecule has 0 bridgehead atoms. The zero-order valence-corrected chi connectivity index (χ0v) is 12.9. The van der Waals surface area contributed by atoms with E-state index in [1.165, 1.54) is 0 Å². The quantitative estimate of drug-likeness (QED) is 0.669. The lowest BCUT2D eigenvalue weighted by atomic mass is 10.0. The smallest absolute Gasteiger partial charge is 0.195 e. The van der Waals surface area contributed by atoms with Crippen molar-refractivity contribution in [3.8, 4) is 5.75 Å². The van der Waals surface area contributed by atoms with E-state index in [2.05, 4.69) is 20.9 Å². The number of ether oxygens (including phenoxy) is 1. The summed E-state index contributed by atoms with van der Waals surface area (Å²) in [6, 6.07) is 14.9. The largest absolute Gasteiger partial charge is 0.497 e. The molecular formula is C17H12BrNO2. The van der Waals surface area contributed by atoms with Crippen molar-refractivity contribution in [1.29, 1.82) is 0 Å². The van der Waals surface area contributed by atoms with Crippen molar-refractivity contribution in [3.05, 3.63) is 70.3 Å². The average Bonchev–Trinajstić information content (AvgIpc) is 2.54. The summed E-state index contributed by atoms with van der Waals surface area (Å²) in [5.74, 6) is 0.564. The number of hydrogen-bond donors (Lipinski definition) is 0. The first-order valence-electron chi connectivity index (χ1n) is 6.42. The Labute approximate surface area is 130 Å². The van der Waals surface area contributed by atoms with Gasteiger partial charge in [0.2, 0.25) is 0 Å². The molecular weight excluding hydrogens is 330 g/mol. The number of fused-ring (bicyclic) bond motifs is 1. The van der Waals surface area contributed by atoms with E-state index in [1.807, 2.05) is 30.3 Å². The normalized spacial score (nSPS) is 10.6. The fourth-order valence-corrected chi connectivity index (χ4v) is 2.58. The Kier molecular flexibility index (Phi) is 3.71. The van der Waals surface area contributed by atoms with Gasteiger partial charge in [0, 0.05) is 27.2 Å². The maximum absolute atomic E-state index is 12.7. The predicted molar refractivity (Wildman–Crippen MR) is 85.9 cm³/mol. The van der Waals surface area contributed by atoms with Crippen LogP contribution in [0.1, 0.15) is 15.9 Å². The molecule has 0 aliphatic rings. The number of benzene rings is 2. The van der Waals surface area contributed by atoms with Crippen LogP contribution in [-0.2, 0) is 0 Å². The van der Waals surface area contributed by atoms with Gasteiger partial charge in [-0.25, -0.2) is 0 Å². The third kappa shape index (κ3) is 2.67. The molecule has 0 fully saturated rings. The van der Waals surface area contributed by atoms with Crippen LogP contribution < -0.4 is 4.74 Å². The van der Waals surface area contributed by atoms with Crippen molar-refractivity contribution in [2.75, 3.05) is 7.11 Å². The van der Waals surface area contributed by atoms with Crippen LogP contribution >= 0.6 is 15.9 Å². The Bertz CT molecular complexity index is 830. The molecule has 3 rings (SSSR count). The fraction of sp³-hybridized carbons (Fsp3) is 0.0588. The lowest BCUT2D eigenvalue weighted by Gasteiger charge is -2.07. The SMILES string of the molecule is COc1ccc(Br)c(C(=O)c2cnc3ccccc3c2)c1. The van der Waals surface area contributed by atoms with E-state index < -0.39 is 0 Å². The van der Waals surface area contributed by atoms with Gasteiger partial charge in [-0.1, -0.05) is 34.1 Å². The summed E-state index contributed by atoms with van der Waals surface area (Å²) in [7, 11) is 1.58. The zero-order valence-electron chi connectivity index (χ0n) is 11.3. The minimum Gasteiger partial charge on any atom is -0.497 e. The predicted octanol–water partition coefficient (Wildman–Crippen LogP) is 4.24. The summed E-state index contributed by atoms with van der Waals surface area (Å²) < 4.78 is 5.91. The molecule has 0 amide bonds. The summed E-state index contributed by atoms with van der Waals surface area (Å²) in [6.45, 7) is 0. The number of pyridine rings is 1. The number of nitrogens with zero attached hydrogens (tertiary/aromatic N) is 1. The number of carbonyl (C=O) groups is 1. The van der Waals surface area contributed by atoms with Crippen LogP contribution in [0, 0.1) is 0 Å². The number of hydrogen-bond acceptors (Lipinski definition) is 3. The third-order valence-electron chi connectivity index (χ3n) is 3.27. The van der Waals surface area contributed by atoms with Gasteiger partial charge in [-0.15, -0.1) is 0 Å². The molecule has 104 valence electrons. The van der Waals surface area contributed by atoms with Crippen LogP contribution in [0.4, 0.5) is 0 Å². The number of halogens is 1. The molecule has 0 spiro atoms. The Hall–Kier alpha value is -2.20. The minimum absolute atomic E-state index is 0.0842. The molecule has 1 heterocycles. The van der Waals surface area contributed by atoms with Gasteiger partial charge in [-0.2, -0.15) is 0 Å². The summed E-state index contributed by atoms with van der Waals surface area (Å²) >= 11 is 3.41. The Morgan fingerprint density at radius 1 is 1.14 bits per heavy atom. The highest BCUT2D eigenvalue weighted by molar-refractivity contribution is 9.10. The molecule has 3 aromatic rings. The van der Waals surface area contributed by atoms with Crippen molar-refractivity contribution < 1.29 is 9.53 Å². The first-order chi connectivity index (χ1) is 10.2. The van der Waals surface area contributed by atoms with E-state index in [9.17, 15) is 4.79 Å². The van der Waals surface area contributed by atoms with Crippen LogP contribution in [0.15, 0.2) is 59.2 Å². The molecule has 0 saturated carbocycles. The van der Waals surface area contributed by atoms with Gasteiger partial charge in [0.15, 0.2) is 5.78 Å². The Balaban J connectivity index is 2.07. The van der Waals surface area contributed by atoms with Gasteiger partial charge in [-0.05, 0) is 30.3 Å². The monoisotopic (exact) mass is 341 g/mol. The highest BCUT2D eigenvalue weighted by Gasteiger charge is 2.14. The standard InChI is InChI=1S/C17H12BrNO2/c1-21-13-6-7-15(18)14(9-13)17(20)12-8-11-4-2-3-5-16(11)19-10-12/h2-10H,1H3. The van der Waals surface area contributed by atoms with E-state index >= 15 is 0 Å². The van der Waals surface area contributed by atoms with Crippen LogP contribution in [0.5, 0.6) is 5.75 Å². The maximum atomic E-state index is 12.7. The molecule has 0 unspecified atom stereocenters. The molecule has 0 aliphatic heterocycles. The van der Waals surface area contributed by atoms with Crippen LogP contribution in [0.3, 0.4) is 0 Å². The molecule has 0 saturated heterocycles. The number of aromatic nitrogens is 1. The second-order valence-corrected chi connectivity index (χ2v) is 5.45. The molecule has 2 aromatic carbocycles. The highest BCUT2D eigenvalue weighted by Crippen LogP contribution is 2.25. The van der Waals surface area contributed by atoms with Crippen LogP contribution in [0.2, 0.25) is 0 Å². The number of rotatable bonds is 3. The van der Waals surface area contributed by atoms with E-state index in [1.54, 1.807) is 31.5 Å². The minimum atomic E-state index is -0.0842. The van der Waals surface area contributed by atoms with Gasteiger partial charge in [0.25, 0.3) is 0 Å². The molecule has 1 aromatic heterocycles. The van der Waals surface area contributed by atoms with E-state index in [-0.39, 0.29) is 5.78 Å². The summed E-state index contributed by atoms with van der Waals surface area (Å²) in [4.78, 5) is 17.0. The molecule has 21 heavy (non-hydrogen) atoms. The zero-order chi connectivity index (χ0) is 14.8. The average molecular weight is 342 g/mol. The third-order valence-corrected chi connectivity index (χ3v) is 3.96. The number of ketones is 1. The Morgan fingerprint density at radius 2 is 1.95 bits per heavy atom. The molecule has 0 aliphatic carbocycles. The van der Waals surface area contributed by atoms with E-state index in [0.717, 1.165) is 15.4 Å². The molecule has 0 N–H and O–H groups in total. The molecule has 3 nitrogen and oxygen atoms in total. The number of carbonyl (C=O) groups excluding carboxylic acids is 1. The van der Waals surface area contributed by atoms with Gasteiger partial charge < -0.3 is 4.74 Å². The van der Waals surface area contributed by atoms with Crippen molar-refractivity contribution in [3.63, 3.8) is 0 Å². The lowest BCUT2D eigenvalue weighted by molar-refractivity contribution is 0.103. The van der Waals surface area contributed by atoms with Crippen molar-refractivity contribution in [1.82, 2.24) is 4.98 Å².